The number of hydrogen-bond donors (Lipinski definition) is 1. The number of ether oxygens (including phenoxy) is 2. The highest BCUT2D eigenvalue weighted by Gasteiger charge is 2.21. The second-order valence-corrected chi connectivity index (χ2v) is 6.67. The van der Waals surface area contributed by atoms with E-state index in [0.717, 1.165) is 37.7 Å². The van der Waals surface area contributed by atoms with Gasteiger partial charge in [-0.15, -0.1) is 0 Å². The van der Waals surface area contributed by atoms with Crippen LogP contribution in [0.5, 0.6) is 5.88 Å². The van der Waals surface area contributed by atoms with Crippen molar-refractivity contribution in [1.82, 2.24) is 15.2 Å². The highest BCUT2D eigenvalue weighted by Crippen LogP contribution is 2.20. The lowest BCUT2D eigenvalue weighted by Gasteiger charge is -2.37. The van der Waals surface area contributed by atoms with Crippen LogP contribution in [-0.2, 0) is 11.3 Å². The molecular formula is C21H28FN5O2. The Bertz CT molecular complexity index is 792. The molecule has 0 aliphatic carbocycles. The zero-order valence-electron chi connectivity index (χ0n) is 17.0. The number of piperazine rings is 1. The van der Waals surface area contributed by atoms with Crippen molar-refractivity contribution in [3.05, 3.63) is 54.0 Å². The van der Waals surface area contributed by atoms with Gasteiger partial charge in [0, 0.05) is 59.1 Å². The van der Waals surface area contributed by atoms with Gasteiger partial charge in [0.05, 0.1) is 12.3 Å². The van der Waals surface area contributed by atoms with Gasteiger partial charge < -0.3 is 24.6 Å². The summed E-state index contributed by atoms with van der Waals surface area (Å²) in [4.78, 5) is 13.0. The Morgan fingerprint density at radius 1 is 1.14 bits per heavy atom. The van der Waals surface area contributed by atoms with Gasteiger partial charge in [0.15, 0.2) is 5.96 Å². The van der Waals surface area contributed by atoms with Crippen molar-refractivity contribution >= 4 is 11.6 Å². The van der Waals surface area contributed by atoms with Crippen LogP contribution in [-0.4, -0.2) is 69.4 Å². The number of aliphatic imine (C=N–C) groups is 1. The molecule has 0 radical (unpaired) electrons. The van der Waals surface area contributed by atoms with Crippen LogP contribution in [0.4, 0.5) is 10.1 Å². The summed E-state index contributed by atoms with van der Waals surface area (Å²) in [6, 6.07) is 10.7. The molecule has 1 N–H and O–H groups in total. The molecule has 156 valence electrons. The minimum Gasteiger partial charge on any atom is -0.475 e. The standard InChI is InChI=1S/C21H28FN5O2/c1-23-21(25-16-17-7-8-20(24-15-17)29-14-13-28-2)27-11-9-26(10-12-27)19-6-4-3-5-18(19)22/h3-8,15H,9-14,16H2,1-2H3,(H,23,25). The minimum atomic E-state index is -0.175. The molecule has 0 atom stereocenters. The summed E-state index contributed by atoms with van der Waals surface area (Å²) in [7, 11) is 3.41. The smallest absolute Gasteiger partial charge is 0.213 e. The van der Waals surface area contributed by atoms with E-state index in [1.807, 2.05) is 24.3 Å². The van der Waals surface area contributed by atoms with Gasteiger partial charge >= 0.3 is 0 Å². The summed E-state index contributed by atoms with van der Waals surface area (Å²) in [5.41, 5.74) is 1.70. The zero-order chi connectivity index (χ0) is 20.5. The molecule has 1 aliphatic heterocycles. The molecule has 1 saturated heterocycles. The van der Waals surface area contributed by atoms with Crippen LogP contribution in [0.3, 0.4) is 0 Å². The predicted molar refractivity (Wildman–Crippen MR) is 112 cm³/mol. The lowest BCUT2D eigenvalue weighted by Crippen LogP contribution is -2.52. The van der Waals surface area contributed by atoms with Gasteiger partial charge in [-0.25, -0.2) is 9.37 Å². The molecule has 0 unspecified atom stereocenters. The Hall–Kier alpha value is -2.87. The molecule has 0 spiro atoms. The third-order valence-corrected chi connectivity index (χ3v) is 4.77. The summed E-state index contributed by atoms with van der Waals surface area (Å²) in [6.45, 7) is 4.67. The van der Waals surface area contributed by atoms with Crippen LogP contribution in [0.1, 0.15) is 5.56 Å². The van der Waals surface area contributed by atoms with Crippen LogP contribution in [0.15, 0.2) is 47.6 Å². The van der Waals surface area contributed by atoms with Gasteiger partial charge in [0.2, 0.25) is 5.88 Å². The number of methoxy groups -OCH3 is 1. The molecule has 3 rings (SSSR count). The molecular weight excluding hydrogens is 373 g/mol. The average molecular weight is 401 g/mol. The molecule has 0 bridgehead atoms. The van der Waals surface area contributed by atoms with Crippen molar-refractivity contribution in [2.24, 2.45) is 4.99 Å². The summed E-state index contributed by atoms with van der Waals surface area (Å²) >= 11 is 0. The van der Waals surface area contributed by atoms with Gasteiger partial charge in [0.25, 0.3) is 0 Å². The van der Waals surface area contributed by atoms with E-state index < -0.39 is 0 Å². The summed E-state index contributed by atoms with van der Waals surface area (Å²) in [5.74, 6) is 1.24. The van der Waals surface area contributed by atoms with E-state index in [1.165, 1.54) is 6.07 Å². The molecule has 1 aromatic heterocycles. The number of hydrogen-bond acceptors (Lipinski definition) is 5. The van der Waals surface area contributed by atoms with Crippen molar-refractivity contribution in [1.29, 1.82) is 0 Å². The van der Waals surface area contributed by atoms with Gasteiger partial charge in [-0.05, 0) is 17.7 Å². The van der Waals surface area contributed by atoms with E-state index >= 15 is 0 Å². The van der Waals surface area contributed by atoms with Crippen LogP contribution in [0.25, 0.3) is 0 Å². The largest absolute Gasteiger partial charge is 0.475 e. The fourth-order valence-electron chi connectivity index (χ4n) is 3.21. The van der Waals surface area contributed by atoms with Crippen LogP contribution in [0, 0.1) is 5.82 Å². The Morgan fingerprint density at radius 2 is 1.93 bits per heavy atom. The van der Waals surface area contributed by atoms with E-state index in [9.17, 15) is 4.39 Å². The lowest BCUT2D eigenvalue weighted by molar-refractivity contribution is 0.143. The molecule has 2 aromatic rings. The Kier molecular flexibility index (Phi) is 7.63. The SMILES string of the molecule is CN=C(NCc1ccc(OCCOC)nc1)N1CCN(c2ccccc2F)CC1. The predicted octanol–water partition coefficient (Wildman–Crippen LogP) is 2.14. The van der Waals surface area contributed by atoms with Gasteiger partial charge in [0.1, 0.15) is 12.4 Å². The first kappa shape index (κ1) is 20.9. The number of para-hydroxylation sites is 1. The van der Waals surface area contributed by atoms with Crippen molar-refractivity contribution in [3.63, 3.8) is 0 Å². The second kappa shape index (κ2) is 10.6. The monoisotopic (exact) mass is 401 g/mol. The third-order valence-electron chi connectivity index (χ3n) is 4.77. The molecule has 8 heteroatoms. The maximum Gasteiger partial charge on any atom is 0.213 e. The minimum absolute atomic E-state index is 0.175. The summed E-state index contributed by atoms with van der Waals surface area (Å²) < 4.78 is 24.4. The number of pyridine rings is 1. The Balaban J connectivity index is 1.48. The second-order valence-electron chi connectivity index (χ2n) is 6.67. The fraction of sp³-hybridized carbons (Fsp3) is 0.429. The average Bonchev–Trinajstić information content (AvgIpc) is 2.76. The van der Waals surface area contributed by atoms with Gasteiger partial charge in [-0.1, -0.05) is 18.2 Å². The lowest BCUT2D eigenvalue weighted by atomic mass is 10.2. The first-order chi connectivity index (χ1) is 14.2. The first-order valence-corrected chi connectivity index (χ1v) is 9.73. The Morgan fingerprint density at radius 3 is 2.59 bits per heavy atom. The van der Waals surface area contributed by atoms with E-state index in [4.69, 9.17) is 9.47 Å². The van der Waals surface area contributed by atoms with E-state index in [-0.39, 0.29) is 5.82 Å². The van der Waals surface area contributed by atoms with Crippen molar-refractivity contribution in [3.8, 4) is 5.88 Å². The van der Waals surface area contributed by atoms with Crippen molar-refractivity contribution in [2.75, 3.05) is 58.5 Å². The van der Waals surface area contributed by atoms with Crippen LogP contribution >= 0.6 is 0 Å². The molecule has 1 fully saturated rings. The topological polar surface area (TPSA) is 62.2 Å². The molecule has 1 aliphatic rings. The van der Waals surface area contributed by atoms with E-state index in [1.54, 1.807) is 26.4 Å². The van der Waals surface area contributed by atoms with Crippen molar-refractivity contribution in [2.45, 2.75) is 6.54 Å². The fourth-order valence-corrected chi connectivity index (χ4v) is 3.21. The van der Waals surface area contributed by atoms with E-state index in [2.05, 4.69) is 25.1 Å². The number of anilines is 1. The highest BCUT2D eigenvalue weighted by molar-refractivity contribution is 5.80. The molecule has 2 heterocycles. The number of aromatic nitrogens is 1. The summed E-state index contributed by atoms with van der Waals surface area (Å²) in [5, 5.41) is 3.38. The Labute approximate surface area is 171 Å². The summed E-state index contributed by atoms with van der Waals surface area (Å²) in [6.07, 6.45) is 1.79. The van der Waals surface area contributed by atoms with Crippen LogP contribution < -0.4 is 15.0 Å². The number of halogens is 1. The number of rotatable bonds is 7. The highest BCUT2D eigenvalue weighted by atomic mass is 19.1. The zero-order valence-corrected chi connectivity index (χ0v) is 17.0. The number of benzene rings is 1. The number of nitrogens with zero attached hydrogens (tertiary/aromatic N) is 4. The number of guanidine groups is 1. The molecule has 0 amide bonds. The van der Waals surface area contributed by atoms with Crippen molar-refractivity contribution < 1.29 is 13.9 Å². The molecule has 0 saturated carbocycles. The third kappa shape index (κ3) is 5.80. The maximum absolute atomic E-state index is 14.0. The molecule has 1 aromatic carbocycles. The molecule has 7 nitrogen and oxygen atoms in total. The number of nitrogens with one attached hydrogen (secondary N) is 1. The first-order valence-electron chi connectivity index (χ1n) is 9.73. The van der Waals surface area contributed by atoms with Crippen LogP contribution in [0.2, 0.25) is 0 Å². The normalized spacial score (nSPS) is 14.8. The van der Waals surface area contributed by atoms with Gasteiger partial charge in [-0.2, -0.15) is 0 Å². The maximum atomic E-state index is 14.0. The van der Waals surface area contributed by atoms with Gasteiger partial charge in [-0.3, -0.25) is 4.99 Å². The molecule has 29 heavy (non-hydrogen) atoms. The van der Waals surface area contributed by atoms with E-state index in [0.29, 0.717) is 31.3 Å². The quantitative estimate of drug-likeness (QED) is 0.436.